The first-order chi connectivity index (χ1) is 6.66. The van der Waals surface area contributed by atoms with E-state index in [1.165, 1.54) is 6.08 Å². The Kier molecular flexibility index (Phi) is 3.43. The highest BCUT2D eigenvalue weighted by Gasteiger charge is 2.08. The molecule has 0 aliphatic heterocycles. The van der Waals surface area contributed by atoms with Crippen LogP contribution in [0.3, 0.4) is 0 Å². The zero-order valence-corrected chi connectivity index (χ0v) is 8.32. The van der Waals surface area contributed by atoms with E-state index in [0.717, 1.165) is 5.56 Å². The molecular formula is C11H13NO2. The lowest BCUT2D eigenvalue weighted by atomic mass is 9.99. The monoisotopic (exact) mass is 191 g/mol. The van der Waals surface area contributed by atoms with Gasteiger partial charge in [-0.15, -0.1) is 0 Å². The lowest BCUT2D eigenvalue weighted by molar-refractivity contribution is 0.458. The Labute approximate surface area is 83.1 Å². The van der Waals surface area contributed by atoms with Crippen LogP contribution >= 0.6 is 0 Å². The minimum atomic E-state index is 0.190. The van der Waals surface area contributed by atoms with Crippen molar-refractivity contribution in [1.29, 1.82) is 0 Å². The van der Waals surface area contributed by atoms with Crippen LogP contribution in [0, 0.1) is 0 Å². The van der Waals surface area contributed by atoms with E-state index in [-0.39, 0.29) is 18.2 Å². The normalized spacial score (nSPS) is 9.93. The molecule has 14 heavy (non-hydrogen) atoms. The number of para-hydroxylation sites is 1. The summed E-state index contributed by atoms with van der Waals surface area (Å²) in [6.07, 6.45) is 1.46. The maximum absolute atomic E-state index is 9.93. The molecule has 0 unspecified atom stereocenters. The Morgan fingerprint density at radius 1 is 1.50 bits per heavy atom. The first kappa shape index (κ1) is 10.5. The van der Waals surface area contributed by atoms with Crippen molar-refractivity contribution in [3.8, 4) is 5.75 Å². The van der Waals surface area contributed by atoms with Gasteiger partial charge in [0.25, 0.3) is 0 Å². The lowest BCUT2D eigenvalue weighted by Crippen LogP contribution is -1.92. The van der Waals surface area contributed by atoms with E-state index in [9.17, 15) is 9.90 Å². The predicted molar refractivity (Wildman–Crippen MR) is 54.0 cm³/mol. The van der Waals surface area contributed by atoms with Crippen molar-refractivity contribution in [2.75, 3.05) is 0 Å². The van der Waals surface area contributed by atoms with E-state index in [0.29, 0.717) is 5.56 Å². The van der Waals surface area contributed by atoms with Gasteiger partial charge in [0.05, 0.1) is 6.54 Å². The van der Waals surface area contributed by atoms with Gasteiger partial charge in [0.2, 0.25) is 6.08 Å². The first-order valence-corrected chi connectivity index (χ1v) is 4.51. The number of hydrogen-bond donors (Lipinski definition) is 1. The highest BCUT2D eigenvalue weighted by atomic mass is 16.3. The predicted octanol–water partition coefficient (Wildman–Crippen LogP) is 2.35. The molecule has 3 nitrogen and oxygen atoms in total. The third kappa shape index (κ3) is 2.21. The van der Waals surface area contributed by atoms with Crippen molar-refractivity contribution in [3.63, 3.8) is 0 Å². The maximum Gasteiger partial charge on any atom is 0.235 e. The van der Waals surface area contributed by atoms with Crippen LogP contribution < -0.4 is 0 Å². The molecule has 0 fully saturated rings. The van der Waals surface area contributed by atoms with E-state index in [2.05, 4.69) is 4.99 Å². The SMILES string of the molecule is CC(C)c1cccc(CN=C=O)c1O. The van der Waals surface area contributed by atoms with E-state index >= 15 is 0 Å². The van der Waals surface area contributed by atoms with Crippen LogP contribution in [-0.2, 0) is 11.3 Å². The number of benzene rings is 1. The summed E-state index contributed by atoms with van der Waals surface area (Å²) in [5.41, 5.74) is 1.54. The van der Waals surface area contributed by atoms with Crippen LogP contribution in [0.2, 0.25) is 0 Å². The Hall–Kier alpha value is -1.60. The number of aromatic hydroxyl groups is 1. The molecule has 0 aliphatic carbocycles. The standard InChI is InChI=1S/C11H13NO2/c1-8(2)10-5-3-4-9(11(10)14)6-12-7-13/h3-5,8,14H,6H2,1-2H3. The summed E-state index contributed by atoms with van der Waals surface area (Å²) < 4.78 is 0. The van der Waals surface area contributed by atoms with Crippen LogP contribution in [0.5, 0.6) is 5.75 Å². The molecule has 0 bridgehead atoms. The lowest BCUT2D eigenvalue weighted by Gasteiger charge is -2.10. The summed E-state index contributed by atoms with van der Waals surface area (Å²) >= 11 is 0. The molecular weight excluding hydrogens is 178 g/mol. The number of aliphatic imine (C=N–C) groups is 1. The molecule has 1 aromatic rings. The van der Waals surface area contributed by atoms with Gasteiger partial charge in [-0.25, -0.2) is 9.79 Å². The smallest absolute Gasteiger partial charge is 0.235 e. The average molecular weight is 191 g/mol. The van der Waals surface area contributed by atoms with Crippen LogP contribution in [-0.4, -0.2) is 11.2 Å². The van der Waals surface area contributed by atoms with Gasteiger partial charge in [0, 0.05) is 5.56 Å². The fourth-order valence-corrected chi connectivity index (χ4v) is 1.32. The molecule has 0 saturated carbocycles. The number of phenols is 1. The molecule has 0 aromatic heterocycles. The first-order valence-electron chi connectivity index (χ1n) is 4.51. The molecule has 0 aliphatic rings. The number of hydrogen-bond acceptors (Lipinski definition) is 3. The van der Waals surface area contributed by atoms with E-state index in [1.807, 2.05) is 26.0 Å². The van der Waals surface area contributed by atoms with Crippen LogP contribution in [0.25, 0.3) is 0 Å². The molecule has 0 saturated heterocycles. The van der Waals surface area contributed by atoms with Crippen molar-refractivity contribution in [3.05, 3.63) is 29.3 Å². The number of phenolic OH excluding ortho intramolecular Hbond substituents is 1. The number of nitrogens with zero attached hydrogens (tertiary/aromatic N) is 1. The Balaban J connectivity index is 3.06. The average Bonchev–Trinajstić information content (AvgIpc) is 2.16. The molecule has 1 aromatic carbocycles. The van der Waals surface area contributed by atoms with Gasteiger partial charge in [0.15, 0.2) is 0 Å². The van der Waals surface area contributed by atoms with Crippen molar-refractivity contribution >= 4 is 6.08 Å². The third-order valence-electron chi connectivity index (χ3n) is 2.09. The van der Waals surface area contributed by atoms with Gasteiger partial charge in [-0.05, 0) is 11.5 Å². The minimum absolute atomic E-state index is 0.190. The molecule has 0 spiro atoms. The summed E-state index contributed by atoms with van der Waals surface area (Å²) in [7, 11) is 0. The summed E-state index contributed by atoms with van der Waals surface area (Å²) in [5, 5.41) is 9.80. The van der Waals surface area contributed by atoms with E-state index < -0.39 is 0 Å². The summed E-state index contributed by atoms with van der Waals surface area (Å²) in [4.78, 5) is 13.4. The van der Waals surface area contributed by atoms with Gasteiger partial charge in [-0.3, -0.25) is 0 Å². The van der Waals surface area contributed by atoms with Gasteiger partial charge in [0.1, 0.15) is 5.75 Å². The molecule has 1 rings (SSSR count). The molecule has 0 radical (unpaired) electrons. The van der Waals surface area contributed by atoms with Crippen molar-refractivity contribution in [2.24, 2.45) is 4.99 Å². The summed E-state index contributed by atoms with van der Waals surface area (Å²) in [6, 6.07) is 5.47. The summed E-state index contributed by atoms with van der Waals surface area (Å²) in [6.45, 7) is 4.19. The molecule has 0 atom stereocenters. The van der Waals surface area contributed by atoms with Gasteiger partial charge >= 0.3 is 0 Å². The second-order valence-electron chi connectivity index (χ2n) is 3.42. The minimum Gasteiger partial charge on any atom is -0.507 e. The largest absolute Gasteiger partial charge is 0.507 e. The van der Waals surface area contributed by atoms with Crippen LogP contribution in [0.15, 0.2) is 23.2 Å². The van der Waals surface area contributed by atoms with Crippen molar-refractivity contribution < 1.29 is 9.90 Å². The second kappa shape index (κ2) is 4.58. The molecule has 1 N–H and O–H groups in total. The topological polar surface area (TPSA) is 49.7 Å². The fraction of sp³-hybridized carbons (Fsp3) is 0.364. The fourth-order valence-electron chi connectivity index (χ4n) is 1.32. The Morgan fingerprint density at radius 2 is 2.21 bits per heavy atom. The third-order valence-corrected chi connectivity index (χ3v) is 2.09. The van der Waals surface area contributed by atoms with Gasteiger partial charge in [-0.2, -0.15) is 0 Å². The number of carbonyl (C=O) groups excluding carboxylic acids is 1. The molecule has 0 amide bonds. The quantitative estimate of drug-likeness (QED) is 0.589. The van der Waals surface area contributed by atoms with Crippen molar-refractivity contribution in [2.45, 2.75) is 26.3 Å². The second-order valence-corrected chi connectivity index (χ2v) is 3.42. The van der Waals surface area contributed by atoms with E-state index in [1.54, 1.807) is 6.07 Å². The van der Waals surface area contributed by atoms with Gasteiger partial charge < -0.3 is 5.11 Å². The van der Waals surface area contributed by atoms with E-state index in [4.69, 9.17) is 0 Å². The zero-order valence-electron chi connectivity index (χ0n) is 8.32. The van der Waals surface area contributed by atoms with Gasteiger partial charge in [-0.1, -0.05) is 32.0 Å². The number of isocyanates is 1. The van der Waals surface area contributed by atoms with Crippen LogP contribution in [0.1, 0.15) is 30.9 Å². The maximum atomic E-state index is 9.93. The van der Waals surface area contributed by atoms with Crippen LogP contribution in [0.4, 0.5) is 0 Å². The Bertz CT molecular complexity index is 366. The molecule has 3 heteroatoms. The zero-order chi connectivity index (χ0) is 10.6. The molecule has 0 heterocycles. The Morgan fingerprint density at radius 3 is 2.79 bits per heavy atom. The molecule has 74 valence electrons. The highest BCUT2D eigenvalue weighted by molar-refractivity contribution is 5.43. The number of rotatable bonds is 3. The highest BCUT2D eigenvalue weighted by Crippen LogP contribution is 2.28. The summed E-state index contributed by atoms with van der Waals surface area (Å²) in [5.74, 6) is 0.497. The van der Waals surface area contributed by atoms with Crippen molar-refractivity contribution in [1.82, 2.24) is 0 Å².